The molecule has 0 aliphatic heterocycles. The smallest absolute Gasteiger partial charge is 0.264 e. The number of halogens is 2. The van der Waals surface area contributed by atoms with Gasteiger partial charge in [0.15, 0.2) is 0 Å². The topological polar surface area (TPSA) is 50.7 Å². The van der Waals surface area contributed by atoms with Crippen LogP contribution in [0.2, 0.25) is 10.0 Å². The van der Waals surface area contributed by atoms with E-state index in [-0.39, 0.29) is 5.91 Å². The molecule has 2 rings (SSSR count). The van der Waals surface area contributed by atoms with Crippen LogP contribution in [0.1, 0.15) is 11.1 Å². The predicted octanol–water partition coefficient (Wildman–Crippen LogP) is 4.17. The van der Waals surface area contributed by atoms with Gasteiger partial charge in [-0.05, 0) is 35.9 Å². The van der Waals surface area contributed by atoms with Gasteiger partial charge in [-0.15, -0.1) is 0 Å². The molecule has 0 saturated heterocycles. The van der Waals surface area contributed by atoms with E-state index in [0.29, 0.717) is 15.6 Å². The number of ether oxygens (including phenoxy) is 1. The van der Waals surface area contributed by atoms with E-state index in [1.807, 2.05) is 24.3 Å². The van der Waals surface area contributed by atoms with Crippen molar-refractivity contribution in [3.63, 3.8) is 0 Å². The molecular formula is C17H14Cl2N2O2. The van der Waals surface area contributed by atoms with E-state index >= 15 is 0 Å². The molecule has 0 aliphatic carbocycles. The van der Waals surface area contributed by atoms with Gasteiger partial charge >= 0.3 is 0 Å². The van der Waals surface area contributed by atoms with E-state index in [0.717, 1.165) is 11.3 Å². The van der Waals surface area contributed by atoms with Crippen LogP contribution in [0.15, 0.2) is 53.6 Å². The molecule has 0 atom stereocenters. The monoisotopic (exact) mass is 348 g/mol. The van der Waals surface area contributed by atoms with Crippen LogP contribution in [0.25, 0.3) is 6.08 Å². The highest BCUT2D eigenvalue weighted by atomic mass is 35.5. The van der Waals surface area contributed by atoms with Crippen molar-refractivity contribution in [2.75, 3.05) is 7.11 Å². The molecule has 0 aliphatic rings. The number of rotatable bonds is 5. The van der Waals surface area contributed by atoms with Gasteiger partial charge in [0, 0.05) is 16.7 Å². The van der Waals surface area contributed by atoms with Gasteiger partial charge in [-0.25, -0.2) is 5.43 Å². The third-order valence-corrected chi connectivity index (χ3v) is 3.45. The zero-order valence-corrected chi connectivity index (χ0v) is 13.8. The average molecular weight is 349 g/mol. The SMILES string of the molecule is COc1ccc(C=CC(=O)NN=Cc2ccc(Cl)cc2Cl)cc1. The zero-order chi connectivity index (χ0) is 16.7. The molecule has 0 aromatic heterocycles. The standard InChI is InChI=1S/C17H14Cl2N2O2/c1-23-15-7-2-12(3-8-15)4-9-17(22)21-20-11-13-5-6-14(18)10-16(13)19/h2-11H,1H3,(H,21,22). The quantitative estimate of drug-likeness (QED) is 0.501. The molecule has 4 nitrogen and oxygen atoms in total. The molecule has 0 spiro atoms. The van der Waals surface area contributed by atoms with Crippen LogP contribution >= 0.6 is 23.2 Å². The molecule has 0 saturated carbocycles. The highest BCUT2D eigenvalue weighted by Gasteiger charge is 1.98. The largest absolute Gasteiger partial charge is 0.497 e. The molecule has 6 heteroatoms. The van der Waals surface area contributed by atoms with Crippen LogP contribution in [-0.4, -0.2) is 19.2 Å². The summed E-state index contributed by atoms with van der Waals surface area (Å²) in [5.41, 5.74) is 3.94. The van der Waals surface area contributed by atoms with Crippen LogP contribution in [0.5, 0.6) is 5.75 Å². The maximum absolute atomic E-state index is 11.7. The summed E-state index contributed by atoms with van der Waals surface area (Å²) in [5, 5.41) is 4.85. The first kappa shape index (κ1) is 17.1. The summed E-state index contributed by atoms with van der Waals surface area (Å²) < 4.78 is 5.07. The molecular weight excluding hydrogens is 335 g/mol. The summed E-state index contributed by atoms with van der Waals surface area (Å²) >= 11 is 11.8. The lowest BCUT2D eigenvalue weighted by molar-refractivity contribution is -0.116. The van der Waals surface area contributed by atoms with E-state index in [1.54, 1.807) is 31.4 Å². The Labute approximate surface area is 144 Å². The molecule has 2 aromatic rings. The van der Waals surface area contributed by atoms with Gasteiger partial charge in [-0.1, -0.05) is 41.4 Å². The van der Waals surface area contributed by atoms with Crippen molar-refractivity contribution in [2.24, 2.45) is 5.10 Å². The lowest BCUT2D eigenvalue weighted by Gasteiger charge is -1.99. The number of hydrogen-bond donors (Lipinski definition) is 1. The Morgan fingerprint density at radius 2 is 1.91 bits per heavy atom. The zero-order valence-electron chi connectivity index (χ0n) is 12.3. The first-order chi connectivity index (χ1) is 11.1. The van der Waals surface area contributed by atoms with Gasteiger partial charge in [0.25, 0.3) is 5.91 Å². The van der Waals surface area contributed by atoms with E-state index in [2.05, 4.69) is 10.5 Å². The molecule has 2 aromatic carbocycles. The minimum Gasteiger partial charge on any atom is -0.497 e. The normalized spacial score (nSPS) is 11.1. The second kappa shape index (κ2) is 8.36. The number of amides is 1. The summed E-state index contributed by atoms with van der Waals surface area (Å²) in [6.45, 7) is 0. The van der Waals surface area contributed by atoms with Crippen molar-refractivity contribution in [3.05, 3.63) is 69.7 Å². The van der Waals surface area contributed by atoms with Crippen molar-refractivity contribution in [2.45, 2.75) is 0 Å². The first-order valence-corrected chi connectivity index (χ1v) is 7.44. The Balaban J connectivity index is 1.91. The Morgan fingerprint density at radius 1 is 1.17 bits per heavy atom. The third kappa shape index (κ3) is 5.43. The molecule has 1 N–H and O–H groups in total. The van der Waals surface area contributed by atoms with Crippen LogP contribution in [0.3, 0.4) is 0 Å². The van der Waals surface area contributed by atoms with E-state index in [9.17, 15) is 4.79 Å². The number of methoxy groups -OCH3 is 1. The molecule has 0 heterocycles. The van der Waals surface area contributed by atoms with Crippen LogP contribution in [0, 0.1) is 0 Å². The molecule has 0 bridgehead atoms. The lowest BCUT2D eigenvalue weighted by atomic mass is 10.2. The molecule has 1 amide bonds. The summed E-state index contributed by atoms with van der Waals surface area (Å²) in [7, 11) is 1.60. The lowest BCUT2D eigenvalue weighted by Crippen LogP contribution is -2.14. The summed E-state index contributed by atoms with van der Waals surface area (Å²) in [6.07, 6.45) is 4.53. The van der Waals surface area contributed by atoms with Gasteiger partial charge in [0.05, 0.1) is 18.3 Å². The molecule has 0 fully saturated rings. The highest BCUT2D eigenvalue weighted by Crippen LogP contribution is 2.19. The first-order valence-electron chi connectivity index (χ1n) is 6.69. The van der Waals surface area contributed by atoms with Gasteiger partial charge in [0.1, 0.15) is 5.75 Å². The second-order valence-corrected chi connectivity index (χ2v) is 5.35. The van der Waals surface area contributed by atoms with Crippen molar-refractivity contribution in [1.82, 2.24) is 5.43 Å². The maximum Gasteiger partial charge on any atom is 0.264 e. The van der Waals surface area contributed by atoms with Crippen molar-refractivity contribution < 1.29 is 9.53 Å². The van der Waals surface area contributed by atoms with Gasteiger partial charge < -0.3 is 4.74 Å². The minimum atomic E-state index is -0.345. The number of hydrazone groups is 1. The fourth-order valence-electron chi connectivity index (χ4n) is 1.70. The highest BCUT2D eigenvalue weighted by molar-refractivity contribution is 6.36. The van der Waals surface area contributed by atoms with E-state index < -0.39 is 0 Å². The number of carbonyl (C=O) groups excluding carboxylic acids is 1. The van der Waals surface area contributed by atoms with Crippen molar-refractivity contribution in [1.29, 1.82) is 0 Å². The summed E-state index contributed by atoms with van der Waals surface area (Å²) in [5.74, 6) is 0.415. The van der Waals surface area contributed by atoms with Crippen LogP contribution < -0.4 is 10.2 Å². The van der Waals surface area contributed by atoms with Gasteiger partial charge in [-0.3, -0.25) is 4.79 Å². The Kier molecular flexibility index (Phi) is 6.20. The predicted molar refractivity (Wildman–Crippen MR) is 94.2 cm³/mol. The van der Waals surface area contributed by atoms with Crippen LogP contribution in [-0.2, 0) is 4.79 Å². The summed E-state index contributed by atoms with van der Waals surface area (Å²) in [4.78, 5) is 11.7. The average Bonchev–Trinajstić information content (AvgIpc) is 2.55. The Bertz CT molecular complexity index is 741. The number of carbonyl (C=O) groups is 1. The third-order valence-electron chi connectivity index (χ3n) is 2.88. The fourth-order valence-corrected chi connectivity index (χ4v) is 2.15. The van der Waals surface area contributed by atoms with E-state index in [4.69, 9.17) is 27.9 Å². The van der Waals surface area contributed by atoms with Crippen LogP contribution in [0.4, 0.5) is 0 Å². The maximum atomic E-state index is 11.7. The number of benzene rings is 2. The molecule has 0 unspecified atom stereocenters. The molecule has 0 radical (unpaired) electrons. The fraction of sp³-hybridized carbons (Fsp3) is 0.0588. The second-order valence-electron chi connectivity index (χ2n) is 4.51. The Morgan fingerprint density at radius 3 is 2.57 bits per heavy atom. The van der Waals surface area contributed by atoms with Gasteiger partial charge in [0.2, 0.25) is 0 Å². The van der Waals surface area contributed by atoms with Crippen molar-refractivity contribution >= 4 is 41.4 Å². The van der Waals surface area contributed by atoms with Crippen molar-refractivity contribution in [3.8, 4) is 5.75 Å². The minimum absolute atomic E-state index is 0.345. The number of hydrogen-bond acceptors (Lipinski definition) is 3. The molecule has 118 valence electrons. The molecule has 23 heavy (non-hydrogen) atoms. The summed E-state index contributed by atoms with van der Waals surface area (Å²) in [6, 6.07) is 12.3. The Hall–Kier alpha value is -2.30. The van der Waals surface area contributed by atoms with E-state index in [1.165, 1.54) is 12.3 Å². The van der Waals surface area contributed by atoms with Gasteiger partial charge in [-0.2, -0.15) is 5.10 Å². The number of nitrogens with one attached hydrogen (secondary N) is 1. The number of nitrogens with zero attached hydrogens (tertiary/aromatic N) is 1.